The molecule has 0 radical (unpaired) electrons. The van der Waals surface area contributed by atoms with E-state index in [0.717, 1.165) is 18.4 Å². The van der Waals surface area contributed by atoms with Crippen LogP contribution in [0, 0.1) is 0 Å². The van der Waals surface area contributed by atoms with Gasteiger partial charge in [0.1, 0.15) is 13.2 Å². The van der Waals surface area contributed by atoms with Crippen LogP contribution in [0.5, 0.6) is 0 Å². The molecule has 102 valence electrons. The van der Waals surface area contributed by atoms with Crippen LogP contribution in [-0.2, 0) is 20.9 Å². The fraction of sp³-hybridized carbons (Fsp3) is 0.429. The first-order valence-electron chi connectivity index (χ1n) is 6.30. The summed E-state index contributed by atoms with van der Waals surface area (Å²) in [5, 5.41) is 8.78. The molecule has 1 aliphatic carbocycles. The number of carbonyl (C=O) groups excluding carboxylic acids is 1. The molecule has 1 saturated carbocycles. The van der Waals surface area contributed by atoms with E-state index in [0.29, 0.717) is 6.61 Å². The van der Waals surface area contributed by atoms with Crippen LogP contribution in [0.15, 0.2) is 30.3 Å². The van der Waals surface area contributed by atoms with Gasteiger partial charge in [-0.3, -0.25) is 9.59 Å². The van der Waals surface area contributed by atoms with E-state index < -0.39 is 5.97 Å². The van der Waals surface area contributed by atoms with Crippen molar-refractivity contribution in [3.63, 3.8) is 0 Å². The van der Waals surface area contributed by atoms with Gasteiger partial charge in [-0.2, -0.15) is 0 Å². The molecule has 2 rings (SSSR count). The number of rotatable bonds is 7. The Kier molecular flexibility index (Phi) is 4.52. The number of nitrogens with zero attached hydrogens (tertiary/aromatic N) is 1. The average Bonchev–Trinajstić information content (AvgIpc) is 3.21. The van der Waals surface area contributed by atoms with Crippen molar-refractivity contribution in [3.05, 3.63) is 35.9 Å². The van der Waals surface area contributed by atoms with Crippen LogP contribution < -0.4 is 0 Å². The third-order valence-corrected chi connectivity index (χ3v) is 2.95. The summed E-state index contributed by atoms with van der Waals surface area (Å²) >= 11 is 0. The lowest BCUT2D eigenvalue weighted by Crippen LogP contribution is -2.39. The summed E-state index contributed by atoms with van der Waals surface area (Å²) < 4.78 is 5.34. The number of hydrogen-bond acceptors (Lipinski definition) is 3. The molecule has 0 heterocycles. The summed E-state index contributed by atoms with van der Waals surface area (Å²) in [5.41, 5.74) is 0.992. The van der Waals surface area contributed by atoms with Gasteiger partial charge >= 0.3 is 5.97 Å². The van der Waals surface area contributed by atoms with Crippen LogP contribution in [0.1, 0.15) is 18.4 Å². The van der Waals surface area contributed by atoms with Gasteiger partial charge in [0.2, 0.25) is 5.91 Å². The molecule has 0 spiro atoms. The van der Waals surface area contributed by atoms with Crippen molar-refractivity contribution in [2.45, 2.75) is 25.5 Å². The van der Waals surface area contributed by atoms with E-state index in [1.807, 2.05) is 30.3 Å². The third-order valence-electron chi connectivity index (χ3n) is 2.95. The molecule has 0 atom stereocenters. The number of ether oxygens (including phenoxy) is 1. The lowest BCUT2D eigenvalue weighted by atomic mass is 10.2. The lowest BCUT2D eigenvalue weighted by molar-refractivity contribution is -0.147. The smallest absolute Gasteiger partial charge is 0.323 e. The molecule has 1 aromatic carbocycles. The first-order chi connectivity index (χ1) is 9.16. The number of carbonyl (C=O) groups is 2. The van der Waals surface area contributed by atoms with Gasteiger partial charge in [-0.25, -0.2) is 0 Å². The summed E-state index contributed by atoms with van der Waals surface area (Å²) in [6, 6.07) is 9.64. The largest absolute Gasteiger partial charge is 0.480 e. The number of carboxylic acid groups (broad SMARTS) is 1. The molecule has 0 aliphatic heterocycles. The van der Waals surface area contributed by atoms with Crippen molar-refractivity contribution in [3.8, 4) is 0 Å². The number of hydrogen-bond donors (Lipinski definition) is 1. The summed E-state index contributed by atoms with van der Waals surface area (Å²) in [7, 11) is 0. The van der Waals surface area contributed by atoms with Crippen molar-refractivity contribution >= 4 is 11.9 Å². The Labute approximate surface area is 111 Å². The van der Waals surface area contributed by atoms with Gasteiger partial charge in [-0.05, 0) is 18.4 Å². The number of aliphatic carboxylic acids is 1. The van der Waals surface area contributed by atoms with Crippen LogP contribution in [-0.4, -0.2) is 41.1 Å². The fourth-order valence-electron chi connectivity index (χ4n) is 1.87. The predicted octanol–water partition coefficient (Wildman–Crippen LogP) is 1.28. The second kappa shape index (κ2) is 6.33. The minimum Gasteiger partial charge on any atom is -0.480 e. The van der Waals surface area contributed by atoms with Crippen molar-refractivity contribution in [2.24, 2.45) is 0 Å². The lowest BCUT2D eigenvalue weighted by Gasteiger charge is -2.20. The van der Waals surface area contributed by atoms with E-state index in [2.05, 4.69) is 0 Å². The summed E-state index contributed by atoms with van der Waals surface area (Å²) in [5.74, 6) is -1.23. The normalized spacial score (nSPS) is 14.1. The second-order valence-corrected chi connectivity index (χ2v) is 4.62. The summed E-state index contributed by atoms with van der Waals surface area (Å²) in [4.78, 5) is 24.0. The Morgan fingerprint density at radius 2 is 1.95 bits per heavy atom. The zero-order valence-electron chi connectivity index (χ0n) is 10.6. The quantitative estimate of drug-likeness (QED) is 0.804. The van der Waals surface area contributed by atoms with E-state index in [9.17, 15) is 9.59 Å². The van der Waals surface area contributed by atoms with Gasteiger partial charge in [-0.15, -0.1) is 0 Å². The highest BCUT2D eigenvalue weighted by Crippen LogP contribution is 2.26. The van der Waals surface area contributed by atoms with Gasteiger partial charge in [0.25, 0.3) is 0 Å². The molecule has 1 N–H and O–H groups in total. The Morgan fingerprint density at radius 3 is 2.53 bits per heavy atom. The SMILES string of the molecule is O=C(O)CN(C(=O)COCc1ccccc1)C1CC1. The molecule has 1 amide bonds. The standard InChI is InChI=1S/C14H17NO4/c16-13(15(8-14(17)18)12-6-7-12)10-19-9-11-4-2-1-3-5-11/h1-5,12H,6-10H2,(H,17,18). The molecular weight excluding hydrogens is 246 g/mol. The van der Waals surface area contributed by atoms with E-state index in [1.54, 1.807) is 0 Å². The Hall–Kier alpha value is -1.88. The van der Waals surface area contributed by atoms with E-state index in [4.69, 9.17) is 9.84 Å². The summed E-state index contributed by atoms with van der Waals surface area (Å²) in [6.45, 7) is 0.0506. The highest BCUT2D eigenvalue weighted by molar-refractivity contribution is 5.82. The molecule has 0 aromatic heterocycles. The molecule has 5 heteroatoms. The van der Waals surface area contributed by atoms with Crippen LogP contribution in [0.3, 0.4) is 0 Å². The van der Waals surface area contributed by atoms with Gasteiger partial charge in [0.15, 0.2) is 0 Å². The minimum atomic E-state index is -0.983. The Balaban J connectivity index is 1.77. The van der Waals surface area contributed by atoms with Gasteiger partial charge in [-0.1, -0.05) is 30.3 Å². The van der Waals surface area contributed by atoms with Crippen molar-refractivity contribution in [1.82, 2.24) is 4.90 Å². The predicted molar refractivity (Wildman–Crippen MR) is 68.5 cm³/mol. The number of benzene rings is 1. The van der Waals surface area contributed by atoms with Crippen LogP contribution >= 0.6 is 0 Å². The van der Waals surface area contributed by atoms with Gasteiger partial charge in [0, 0.05) is 6.04 Å². The van der Waals surface area contributed by atoms with E-state index in [-0.39, 0.29) is 25.1 Å². The molecule has 1 fully saturated rings. The first kappa shape index (κ1) is 13.5. The van der Waals surface area contributed by atoms with Gasteiger partial charge < -0.3 is 14.7 Å². The zero-order valence-corrected chi connectivity index (χ0v) is 10.6. The first-order valence-corrected chi connectivity index (χ1v) is 6.30. The molecule has 0 unspecified atom stereocenters. The Bertz CT molecular complexity index is 442. The molecule has 0 saturated heterocycles. The molecule has 1 aromatic rings. The molecule has 1 aliphatic rings. The fourth-order valence-corrected chi connectivity index (χ4v) is 1.87. The Morgan fingerprint density at radius 1 is 1.26 bits per heavy atom. The van der Waals surface area contributed by atoms with Crippen LogP contribution in [0.2, 0.25) is 0 Å². The maximum absolute atomic E-state index is 11.9. The highest BCUT2D eigenvalue weighted by Gasteiger charge is 2.33. The monoisotopic (exact) mass is 263 g/mol. The maximum atomic E-state index is 11.9. The zero-order chi connectivity index (χ0) is 13.7. The van der Waals surface area contributed by atoms with E-state index in [1.165, 1.54) is 4.90 Å². The van der Waals surface area contributed by atoms with Crippen LogP contribution in [0.4, 0.5) is 0 Å². The topological polar surface area (TPSA) is 66.8 Å². The molecule has 19 heavy (non-hydrogen) atoms. The van der Waals surface area contributed by atoms with E-state index >= 15 is 0 Å². The number of amides is 1. The molecule has 5 nitrogen and oxygen atoms in total. The van der Waals surface area contributed by atoms with Crippen LogP contribution in [0.25, 0.3) is 0 Å². The van der Waals surface area contributed by atoms with Gasteiger partial charge in [0.05, 0.1) is 6.61 Å². The maximum Gasteiger partial charge on any atom is 0.323 e. The van der Waals surface area contributed by atoms with Crippen molar-refractivity contribution in [1.29, 1.82) is 0 Å². The number of carboxylic acids is 1. The average molecular weight is 263 g/mol. The highest BCUT2D eigenvalue weighted by atomic mass is 16.5. The third kappa shape index (κ3) is 4.37. The minimum absolute atomic E-state index is 0.0708. The van der Waals surface area contributed by atoms with Crippen molar-refractivity contribution in [2.75, 3.05) is 13.2 Å². The van der Waals surface area contributed by atoms with Crippen molar-refractivity contribution < 1.29 is 19.4 Å². The second-order valence-electron chi connectivity index (χ2n) is 4.62. The summed E-state index contributed by atoms with van der Waals surface area (Å²) in [6.07, 6.45) is 1.77. The molecule has 0 bridgehead atoms. The molecular formula is C14H17NO4.